The molecule has 10 heteroatoms. The molecule has 2 saturated heterocycles. The number of hydrogen-bond acceptors (Lipinski definition) is 8. The summed E-state index contributed by atoms with van der Waals surface area (Å²) in [5.74, 6) is -0.653. The zero-order valence-corrected chi connectivity index (χ0v) is 30.5. The molecule has 1 saturated carbocycles. The van der Waals surface area contributed by atoms with Gasteiger partial charge in [-0.15, -0.1) is 0 Å². The fourth-order valence-electron chi connectivity index (χ4n) is 6.83. The smallest absolute Gasteiger partial charge is 0.411 e. The molecule has 2 atom stereocenters. The molecule has 2 aliphatic carbocycles. The second-order valence-electron chi connectivity index (χ2n) is 17.8. The number of likely N-dealkylation sites (tertiary alicyclic amines) is 2. The maximum absolute atomic E-state index is 12.6. The topological polar surface area (TPSA) is 112 Å². The van der Waals surface area contributed by atoms with E-state index in [1.54, 1.807) is 9.80 Å². The van der Waals surface area contributed by atoms with E-state index in [1.165, 1.54) is 12.8 Å². The van der Waals surface area contributed by atoms with Gasteiger partial charge in [-0.2, -0.15) is 0 Å². The second kappa shape index (κ2) is 13.4. The van der Waals surface area contributed by atoms with Crippen LogP contribution in [0.5, 0.6) is 0 Å². The van der Waals surface area contributed by atoms with Crippen LogP contribution in [0.4, 0.5) is 9.59 Å². The van der Waals surface area contributed by atoms with Crippen LogP contribution in [0.2, 0.25) is 0 Å². The highest BCUT2D eigenvalue weighted by atomic mass is 16.6. The lowest BCUT2D eigenvalue weighted by atomic mass is 9.83. The minimum Gasteiger partial charge on any atom is -0.458 e. The first-order chi connectivity index (χ1) is 20.8. The fourth-order valence-corrected chi connectivity index (χ4v) is 6.83. The standard InChI is InChI=1S/C18H31NO4.C18H29NO4/c2*1-16(2,3)22-14(20)13-11-18(9-7-8-10-18)12-19(13)15(21)23-17(4,5)6/h13H,7-12H2,1-6H3;7-8,13H,9-12H2,1-6H3/t2*13-/m00/s1. The SMILES string of the molecule is CC(C)(C)OC(=O)[C@@H]1CC2(CC=CC2)CN1C(=O)OC(C)(C)C.CC(C)(C)OC(=O)[C@@H]1CC2(CCCC2)CN1C(=O)OC(C)(C)C. The number of carbonyl (C=O) groups is 4. The van der Waals surface area contributed by atoms with Crippen LogP contribution in [0.25, 0.3) is 0 Å². The summed E-state index contributed by atoms with van der Waals surface area (Å²) in [6, 6.07) is -1.09. The van der Waals surface area contributed by atoms with E-state index in [-0.39, 0.29) is 22.8 Å². The molecule has 0 unspecified atom stereocenters. The van der Waals surface area contributed by atoms with Crippen LogP contribution in [0.3, 0.4) is 0 Å². The van der Waals surface area contributed by atoms with Crippen LogP contribution in [0.15, 0.2) is 12.2 Å². The molecule has 0 bridgehead atoms. The van der Waals surface area contributed by atoms with Crippen LogP contribution in [-0.2, 0) is 28.5 Å². The van der Waals surface area contributed by atoms with E-state index in [0.29, 0.717) is 25.9 Å². The molecular weight excluding hydrogens is 588 g/mol. The Bertz CT molecular complexity index is 1000. The van der Waals surface area contributed by atoms with Gasteiger partial charge in [-0.25, -0.2) is 19.2 Å². The summed E-state index contributed by atoms with van der Waals surface area (Å²) in [6.45, 7) is 23.2. The largest absolute Gasteiger partial charge is 0.458 e. The zero-order valence-electron chi connectivity index (χ0n) is 30.5. The molecule has 0 aromatic rings. The van der Waals surface area contributed by atoms with Crippen molar-refractivity contribution in [3.05, 3.63) is 12.2 Å². The van der Waals surface area contributed by atoms with Gasteiger partial charge in [-0.3, -0.25) is 9.80 Å². The first kappa shape index (κ1) is 37.7. The Balaban J connectivity index is 0.000000250. The number of carbonyl (C=O) groups excluding carboxylic acids is 4. The highest BCUT2D eigenvalue weighted by molar-refractivity contribution is 5.83. The molecular formula is C36H60N2O8. The monoisotopic (exact) mass is 648 g/mol. The lowest BCUT2D eigenvalue weighted by Crippen LogP contribution is -2.45. The summed E-state index contributed by atoms with van der Waals surface area (Å²) in [5.41, 5.74) is -2.25. The Kier molecular flexibility index (Phi) is 11.0. The third-order valence-corrected chi connectivity index (χ3v) is 8.56. The van der Waals surface area contributed by atoms with E-state index in [9.17, 15) is 19.2 Å². The van der Waals surface area contributed by atoms with Gasteiger partial charge in [0.05, 0.1) is 0 Å². The normalized spacial score (nSPS) is 23.7. The van der Waals surface area contributed by atoms with Crippen molar-refractivity contribution in [2.45, 2.75) is 169 Å². The number of amides is 2. The van der Waals surface area contributed by atoms with Gasteiger partial charge in [0.2, 0.25) is 0 Å². The molecule has 2 heterocycles. The minimum absolute atomic E-state index is 0.0432. The number of esters is 2. The van der Waals surface area contributed by atoms with Crippen molar-refractivity contribution in [3.63, 3.8) is 0 Å². The van der Waals surface area contributed by atoms with Gasteiger partial charge in [0, 0.05) is 13.1 Å². The second-order valence-corrected chi connectivity index (χ2v) is 17.8. The predicted octanol–water partition coefficient (Wildman–Crippen LogP) is 7.57. The van der Waals surface area contributed by atoms with E-state index in [2.05, 4.69) is 12.2 Å². The summed E-state index contributed by atoms with van der Waals surface area (Å²) in [7, 11) is 0. The zero-order chi connectivity index (χ0) is 34.9. The molecule has 0 aromatic heterocycles. The molecule has 2 amide bonds. The molecule has 4 rings (SSSR count). The predicted molar refractivity (Wildman–Crippen MR) is 176 cm³/mol. The van der Waals surface area contributed by atoms with Crippen molar-refractivity contribution >= 4 is 24.1 Å². The quantitative estimate of drug-likeness (QED) is 0.171. The molecule has 46 heavy (non-hydrogen) atoms. The summed E-state index contributed by atoms with van der Waals surface area (Å²) in [4.78, 5) is 53.5. The number of rotatable bonds is 2. The first-order valence-corrected chi connectivity index (χ1v) is 16.9. The maximum atomic E-state index is 12.6. The van der Waals surface area contributed by atoms with Crippen molar-refractivity contribution in [3.8, 4) is 0 Å². The molecule has 10 nitrogen and oxygen atoms in total. The molecule has 2 spiro atoms. The summed E-state index contributed by atoms with van der Waals surface area (Å²) >= 11 is 0. The Labute approximate surface area is 276 Å². The number of nitrogens with zero attached hydrogens (tertiary/aromatic N) is 2. The van der Waals surface area contributed by atoms with E-state index in [4.69, 9.17) is 18.9 Å². The van der Waals surface area contributed by atoms with Crippen LogP contribution < -0.4 is 0 Å². The average Bonchev–Trinajstić information content (AvgIpc) is 3.64. The van der Waals surface area contributed by atoms with Crippen LogP contribution in [0, 0.1) is 10.8 Å². The third-order valence-electron chi connectivity index (χ3n) is 8.56. The van der Waals surface area contributed by atoms with E-state index in [0.717, 1.165) is 25.7 Å². The number of allylic oxidation sites excluding steroid dienone is 2. The number of ether oxygens (including phenoxy) is 4. The van der Waals surface area contributed by atoms with Gasteiger partial charge in [0.1, 0.15) is 34.5 Å². The summed E-state index contributed by atoms with van der Waals surface area (Å²) in [6.07, 6.45) is 11.0. The molecule has 3 fully saturated rings. The van der Waals surface area contributed by atoms with Crippen molar-refractivity contribution < 1.29 is 38.1 Å². The van der Waals surface area contributed by atoms with Crippen LogP contribution in [-0.4, -0.2) is 81.5 Å². The Morgan fingerprint density at radius 2 is 0.870 bits per heavy atom. The van der Waals surface area contributed by atoms with Crippen molar-refractivity contribution in [1.29, 1.82) is 0 Å². The lowest BCUT2D eigenvalue weighted by Gasteiger charge is -2.29. The Hall–Kier alpha value is -2.78. The molecule has 262 valence electrons. The van der Waals surface area contributed by atoms with Gasteiger partial charge in [-0.05, 0) is 132 Å². The lowest BCUT2D eigenvalue weighted by molar-refractivity contribution is -0.161. The highest BCUT2D eigenvalue weighted by Gasteiger charge is 2.52. The Morgan fingerprint density at radius 3 is 1.22 bits per heavy atom. The van der Waals surface area contributed by atoms with Gasteiger partial charge in [0.15, 0.2) is 0 Å². The van der Waals surface area contributed by atoms with Gasteiger partial charge in [-0.1, -0.05) is 25.0 Å². The van der Waals surface area contributed by atoms with Gasteiger partial charge < -0.3 is 18.9 Å². The van der Waals surface area contributed by atoms with Crippen molar-refractivity contribution in [2.24, 2.45) is 10.8 Å². The van der Waals surface area contributed by atoms with E-state index < -0.39 is 46.7 Å². The maximum Gasteiger partial charge on any atom is 0.411 e. The van der Waals surface area contributed by atoms with Crippen LogP contribution in [0.1, 0.15) is 134 Å². The Morgan fingerprint density at radius 1 is 0.543 bits per heavy atom. The fraction of sp³-hybridized carbons (Fsp3) is 0.833. The highest BCUT2D eigenvalue weighted by Crippen LogP contribution is 2.49. The van der Waals surface area contributed by atoms with Crippen LogP contribution >= 0.6 is 0 Å². The molecule has 2 aliphatic heterocycles. The summed E-state index contributed by atoms with van der Waals surface area (Å²) in [5, 5.41) is 0. The first-order valence-electron chi connectivity index (χ1n) is 16.9. The number of hydrogen-bond donors (Lipinski definition) is 0. The van der Waals surface area contributed by atoms with Gasteiger partial charge in [0.25, 0.3) is 0 Å². The van der Waals surface area contributed by atoms with E-state index >= 15 is 0 Å². The molecule has 0 N–H and O–H groups in total. The molecule has 0 aromatic carbocycles. The van der Waals surface area contributed by atoms with E-state index in [1.807, 2.05) is 83.1 Å². The minimum atomic E-state index is -0.584. The average molecular weight is 649 g/mol. The van der Waals surface area contributed by atoms with Gasteiger partial charge >= 0.3 is 24.1 Å². The molecule has 4 aliphatic rings. The molecule has 0 radical (unpaired) electrons. The van der Waals surface area contributed by atoms with Crippen molar-refractivity contribution in [2.75, 3.05) is 13.1 Å². The third kappa shape index (κ3) is 10.6. The van der Waals surface area contributed by atoms with Crippen molar-refractivity contribution in [1.82, 2.24) is 9.80 Å². The summed E-state index contributed by atoms with van der Waals surface area (Å²) < 4.78 is 22.1.